The summed E-state index contributed by atoms with van der Waals surface area (Å²) in [6.07, 6.45) is 7.32. The van der Waals surface area contributed by atoms with E-state index in [1.54, 1.807) is 0 Å². The predicted molar refractivity (Wildman–Crippen MR) is 87.9 cm³/mol. The number of aliphatic hydroxyl groups excluding tert-OH is 1. The van der Waals surface area contributed by atoms with Gasteiger partial charge in [-0.15, -0.1) is 0 Å². The molecule has 22 heavy (non-hydrogen) atoms. The largest absolute Gasteiger partial charge is 0.395 e. The Morgan fingerprint density at radius 2 is 2.18 bits per heavy atom. The van der Waals surface area contributed by atoms with Crippen LogP contribution in [0.1, 0.15) is 28.8 Å². The van der Waals surface area contributed by atoms with E-state index in [9.17, 15) is 4.79 Å². The molecule has 3 atom stereocenters. The molecule has 0 aromatic heterocycles. The minimum Gasteiger partial charge on any atom is -0.395 e. The number of fused-ring (bicyclic) bond motifs is 2. The third-order valence-corrected chi connectivity index (χ3v) is 4.95. The molecule has 0 saturated heterocycles. The molecule has 4 nitrogen and oxygen atoms in total. The molecule has 1 fully saturated rings. The van der Waals surface area contributed by atoms with Crippen molar-refractivity contribution in [2.24, 2.45) is 17.8 Å². The number of aliphatic hydroxyl groups is 1. The molecule has 3 rings (SSSR count). The lowest BCUT2D eigenvalue weighted by atomic mass is 9.93. The zero-order valence-electron chi connectivity index (χ0n) is 13.0. The minimum atomic E-state index is -0.127. The first-order chi connectivity index (χ1) is 10.7. The normalized spacial score (nSPS) is 25.5. The Balaban J connectivity index is 1.64. The molecular formula is C18H24N2O2. The van der Waals surface area contributed by atoms with Crippen LogP contribution < -0.4 is 10.6 Å². The van der Waals surface area contributed by atoms with Gasteiger partial charge in [0.15, 0.2) is 0 Å². The molecule has 2 bridgehead atoms. The number of nitrogens with one attached hydrogen (secondary N) is 2. The average molecular weight is 300 g/mol. The molecule has 1 aromatic carbocycles. The van der Waals surface area contributed by atoms with E-state index >= 15 is 0 Å². The highest BCUT2D eigenvalue weighted by Crippen LogP contribution is 2.43. The van der Waals surface area contributed by atoms with Crippen LogP contribution in [0.5, 0.6) is 0 Å². The molecule has 0 unspecified atom stereocenters. The van der Waals surface area contributed by atoms with Gasteiger partial charge < -0.3 is 15.7 Å². The molecule has 1 saturated carbocycles. The second kappa shape index (κ2) is 6.53. The second-order valence-corrected chi connectivity index (χ2v) is 6.38. The fraction of sp³-hybridized carbons (Fsp3) is 0.500. The Morgan fingerprint density at radius 1 is 1.32 bits per heavy atom. The molecule has 0 heterocycles. The number of benzene rings is 1. The predicted octanol–water partition coefficient (Wildman–Crippen LogP) is 2.34. The van der Waals surface area contributed by atoms with Crippen molar-refractivity contribution < 1.29 is 9.90 Å². The number of anilines is 1. The van der Waals surface area contributed by atoms with Crippen molar-refractivity contribution in [1.82, 2.24) is 5.32 Å². The topological polar surface area (TPSA) is 61.4 Å². The molecule has 0 aliphatic heterocycles. The molecule has 0 spiro atoms. The summed E-state index contributed by atoms with van der Waals surface area (Å²) in [5.74, 6) is 2.10. The van der Waals surface area contributed by atoms with E-state index in [2.05, 4.69) is 22.8 Å². The van der Waals surface area contributed by atoms with E-state index in [1.165, 1.54) is 12.8 Å². The standard InChI is InChI=1S/C18H24N2O2/c1-12-16(18(22)19-7-8-21)3-2-4-17(12)20-11-15-10-13-5-6-14(15)9-13/h2-6,13-15,20-21H,7-11H2,1H3,(H,19,22)/t13-,14-,15-/m0/s1. The van der Waals surface area contributed by atoms with Crippen LogP contribution in [0.2, 0.25) is 0 Å². The Kier molecular flexibility index (Phi) is 4.48. The first-order valence-corrected chi connectivity index (χ1v) is 8.10. The van der Waals surface area contributed by atoms with Gasteiger partial charge in [-0.25, -0.2) is 0 Å². The molecule has 0 radical (unpaired) electrons. The maximum absolute atomic E-state index is 12.1. The van der Waals surface area contributed by atoms with Gasteiger partial charge in [0, 0.05) is 24.3 Å². The molecule has 2 aliphatic rings. The van der Waals surface area contributed by atoms with Crippen LogP contribution in [-0.2, 0) is 0 Å². The summed E-state index contributed by atoms with van der Waals surface area (Å²) >= 11 is 0. The number of allylic oxidation sites excluding steroid dienone is 2. The smallest absolute Gasteiger partial charge is 0.251 e. The highest BCUT2D eigenvalue weighted by Gasteiger charge is 2.35. The van der Waals surface area contributed by atoms with Crippen molar-refractivity contribution in [2.75, 3.05) is 25.0 Å². The third-order valence-electron chi connectivity index (χ3n) is 4.95. The second-order valence-electron chi connectivity index (χ2n) is 6.38. The summed E-state index contributed by atoms with van der Waals surface area (Å²) in [4.78, 5) is 12.1. The number of carbonyl (C=O) groups is 1. The summed E-state index contributed by atoms with van der Waals surface area (Å²) < 4.78 is 0. The van der Waals surface area contributed by atoms with Gasteiger partial charge >= 0.3 is 0 Å². The lowest BCUT2D eigenvalue weighted by Gasteiger charge is -2.20. The van der Waals surface area contributed by atoms with Crippen molar-refractivity contribution in [2.45, 2.75) is 19.8 Å². The highest BCUT2D eigenvalue weighted by atomic mass is 16.3. The fourth-order valence-corrected chi connectivity index (χ4v) is 3.71. The van der Waals surface area contributed by atoms with Gasteiger partial charge in [-0.2, -0.15) is 0 Å². The Bertz CT molecular complexity index is 582. The van der Waals surface area contributed by atoms with Crippen molar-refractivity contribution in [3.63, 3.8) is 0 Å². The van der Waals surface area contributed by atoms with Crippen molar-refractivity contribution in [1.29, 1.82) is 0 Å². The third kappa shape index (κ3) is 3.02. The zero-order chi connectivity index (χ0) is 15.5. The van der Waals surface area contributed by atoms with Crippen LogP contribution in [0.25, 0.3) is 0 Å². The lowest BCUT2D eigenvalue weighted by Crippen LogP contribution is -2.27. The van der Waals surface area contributed by atoms with Gasteiger partial charge in [-0.3, -0.25) is 4.79 Å². The SMILES string of the molecule is Cc1c(NC[C@@H]2C[C@H]3C=C[C@H]2C3)cccc1C(=O)NCCO. The van der Waals surface area contributed by atoms with Crippen LogP contribution in [0.3, 0.4) is 0 Å². The van der Waals surface area contributed by atoms with Gasteiger partial charge in [0.2, 0.25) is 0 Å². The number of amides is 1. The Labute approximate surface area is 131 Å². The van der Waals surface area contributed by atoms with Crippen molar-refractivity contribution in [3.05, 3.63) is 41.5 Å². The lowest BCUT2D eigenvalue weighted by molar-refractivity contribution is 0.0944. The summed E-state index contributed by atoms with van der Waals surface area (Å²) in [7, 11) is 0. The van der Waals surface area contributed by atoms with Gasteiger partial charge in [0.25, 0.3) is 5.91 Å². The minimum absolute atomic E-state index is 0.0412. The van der Waals surface area contributed by atoms with Crippen molar-refractivity contribution in [3.8, 4) is 0 Å². The van der Waals surface area contributed by atoms with Crippen LogP contribution >= 0.6 is 0 Å². The quantitative estimate of drug-likeness (QED) is 0.707. The molecule has 4 heteroatoms. The van der Waals surface area contributed by atoms with Gasteiger partial charge in [0.1, 0.15) is 0 Å². The van der Waals surface area contributed by atoms with E-state index < -0.39 is 0 Å². The Morgan fingerprint density at radius 3 is 2.86 bits per heavy atom. The zero-order valence-corrected chi connectivity index (χ0v) is 13.0. The van der Waals surface area contributed by atoms with E-state index in [1.807, 2.05) is 25.1 Å². The number of hydrogen-bond donors (Lipinski definition) is 3. The van der Waals surface area contributed by atoms with Gasteiger partial charge in [0.05, 0.1) is 6.61 Å². The van der Waals surface area contributed by atoms with E-state index in [0.29, 0.717) is 11.5 Å². The number of hydrogen-bond acceptors (Lipinski definition) is 3. The summed E-state index contributed by atoms with van der Waals surface area (Å²) in [6, 6.07) is 5.76. The monoisotopic (exact) mass is 300 g/mol. The Hall–Kier alpha value is -1.81. The van der Waals surface area contributed by atoms with Gasteiger partial charge in [-0.1, -0.05) is 18.2 Å². The average Bonchev–Trinajstić information content (AvgIpc) is 3.14. The van der Waals surface area contributed by atoms with E-state index in [-0.39, 0.29) is 19.1 Å². The summed E-state index contributed by atoms with van der Waals surface area (Å²) in [6.45, 7) is 3.18. The van der Waals surface area contributed by atoms with Crippen LogP contribution in [-0.4, -0.2) is 30.7 Å². The van der Waals surface area contributed by atoms with Crippen LogP contribution in [0.4, 0.5) is 5.69 Å². The molecule has 2 aliphatic carbocycles. The summed E-state index contributed by atoms with van der Waals surface area (Å²) in [5, 5.41) is 15.0. The molecular weight excluding hydrogens is 276 g/mol. The number of rotatable bonds is 6. The number of carbonyl (C=O) groups excluding carboxylic acids is 1. The molecule has 1 aromatic rings. The fourth-order valence-electron chi connectivity index (χ4n) is 3.71. The maximum atomic E-state index is 12.1. The van der Waals surface area contributed by atoms with E-state index in [0.717, 1.165) is 29.6 Å². The molecule has 1 amide bonds. The van der Waals surface area contributed by atoms with E-state index in [4.69, 9.17) is 5.11 Å². The van der Waals surface area contributed by atoms with Crippen LogP contribution in [0, 0.1) is 24.7 Å². The van der Waals surface area contributed by atoms with Crippen molar-refractivity contribution >= 4 is 11.6 Å². The summed E-state index contributed by atoms with van der Waals surface area (Å²) in [5.41, 5.74) is 2.67. The molecule has 3 N–H and O–H groups in total. The van der Waals surface area contributed by atoms with Gasteiger partial charge in [-0.05, 0) is 55.2 Å². The first kappa shape index (κ1) is 15.1. The first-order valence-electron chi connectivity index (χ1n) is 8.10. The highest BCUT2D eigenvalue weighted by molar-refractivity contribution is 5.97. The van der Waals surface area contributed by atoms with Crippen LogP contribution in [0.15, 0.2) is 30.4 Å². The maximum Gasteiger partial charge on any atom is 0.251 e. The molecule has 118 valence electrons.